The predicted octanol–water partition coefficient (Wildman–Crippen LogP) is 4.17. The molecule has 0 atom stereocenters. The van der Waals surface area contributed by atoms with E-state index in [1.807, 2.05) is 48.5 Å². The van der Waals surface area contributed by atoms with Gasteiger partial charge in [0.25, 0.3) is 11.6 Å². The minimum Gasteiger partial charge on any atom is -0.380 e. The molecule has 0 aliphatic carbocycles. The summed E-state index contributed by atoms with van der Waals surface area (Å²) in [4.78, 5) is 28.1. The number of nitrogens with one attached hydrogen (secondary N) is 1. The highest BCUT2D eigenvalue weighted by atomic mass is 16.6. The van der Waals surface area contributed by atoms with Crippen LogP contribution < -0.4 is 10.2 Å². The van der Waals surface area contributed by atoms with Gasteiger partial charge in [0.2, 0.25) is 0 Å². The van der Waals surface area contributed by atoms with Gasteiger partial charge in [-0.1, -0.05) is 48.5 Å². The molecule has 0 bridgehead atoms. The van der Waals surface area contributed by atoms with Gasteiger partial charge in [-0.05, 0) is 23.8 Å². The van der Waals surface area contributed by atoms with Gasteiger partial charge in [0.1, 0.15) is 0 Å². The van der Waals surface area contributed by atoms with Crippen LogP contribution in [0.25, 0.3) is 0 Å². The normalized spacial score (nSPS) is 13.7. The number of piperazine rings is 1. The lowest BCUT2D eigenvalue weighted by Gasteiger charge is -2.36. The second-order valence-corrected chi connectivity index (χ2v) is 7.44. The number of anilines is 2. The molecular weight excluding hydrogens is 392 g/mol. The fraction of sp³-hybridized carbons (Fsp3) is 0.208. The van der Waals surface area contributed by atoms with Crippen LogP contribution >= 0.6 is 0 Å². The molecule has 7 heteroatoms. The molecule has 3 aromatic carbocycles. The summed E-state index contributed by atoms with van der Waals surface area (Å²) in [6.07, 6.45) is 0. The van der Waals surface area contributed by atoms with E-state index in [4.69, 9.17) is 0 Å². The van der Waals surface area contributed by atoms with Gasteiger partial charge < -0.3 is 15.1 Å². The van der Waals surface area contributed by atoms with Crippen molar-refractivity contribution in [3.8, 4) is 0 Å². The van der Waals surface area contributed by atoms with Crippen molar-refractivity contribution < 1.29 is 9.72 Å². The maximum atomic E-state index is 13.3. The molecule has 1 amide bonds. The number of nitro benzene ring substituents is 1. The van der Waals surface area contributed by atoms with Crippen molar-refractivity contribution in [1.82, 2.24) is 4.90 Å². The summed E-state index contributed by atoms with van der Waals surface area (Å²) in [5.41, 5.74) is 3.05. The molecule has 0 spiro atoms. The first-order valence-corrected chi connectivity index (χ1v) is 10.3. The zero-order valence-electron chi connectivity index (χ0n) is 17.1. The van der Waals surface area contributed by atoms with Crippen molar-refractivity contribution in [1.29, 1.82) is 0 Å². The Kier molecular flexibility index (Phi) is 6.12. The van der Waals surface area contributed by atoms with Crippen LogP contribution in [-0.4, -0.2) is 41.9 Å². The molecule has 1 N–H and O–H groups in total. The molecule has 7 nitrogen and oxygen atoms in total. The zero-order valence-corrected chi connectivity index (χ0v) is 17.1. The largest absolute Gasteiger partial charge is 0.380 e. The van der Waals surface area contributed by atoms with Gasteiger partial charge in [-0.25, -0.2) is 0 Å². The maximum absolute atomic E-state index is 13.3. The zero-order chi connectivity index (χ0) is 21.6. The fourth-order valence-electron chi connectivity index (χ4n) is 3.75. The molecule has 1 saturated heterocycles. The Morgan fingerprint density at radius 2 is 1.55 bits per heavy atom. The number of nitro groups is 1. The van der Waals surface area contributed by atoms with Gasteiger partial charge in [-0.3, -0.25) is 14.9 Å². The van der Waals surface area contributed by atoms with E-state index in [-0.39, 0.29) is 11.6 Å². The molecule has 31 heavy (non-hydrogen) atoms. The molecule has 158 valence electrons. The van der Waals surface area contributed by atoms with E-state index in [0.29, 0.717) is 30.9 Å². The lowest BCUT2D eigenvalue weighted by molar-refractivity contribution is -0.384. The molecular formula is C24H24N4O3. The summed E-state index contributed by atoms with van der Waals surface area (Å²) >= 11 is 0. The quantitative estimate of drug-likeness (QED) is 0.482. The Morgan fingerprint density at radius 1 is 0.903 bits per heavy atom. The van der Waals surface area contributed by atoms with Crippen LogP contribution in [0.3, 0.4) is 0 Å². The minimum absolute atomic E-state index is 0.0865. The van der Waals surface area contributed by atoms with Crippen LogP contribution in [0.4, 0.5) is 17.1 Å². The number of benzene rings is 3. The number of nitrogens with zero attached hydrogens (tertiary/aromatic N) is 3. The smallest absolute Gasteiger partial charge is 0.270 e. The second-order valence-electron chi connectivity index (χ2n) is 7.44. The van der Waals surface area contributed by atoms with Crippen LogP contribution in [0.1, 0.15) is 15.9 Å². The van der Waals surface area contributed by atoms with E-state index in [0.717, 1.165) is 24.3 Å². The standard InChI is InChI=1S/C24H24N4O3/c29-24(27-15-13-26(14-16-27)20-9-5-2-6-10-20)22-17-21(28(30)31)11-12-23(22)25-18-19-7-3-1-4-8-19/h1-12,17,25H,13-16,18H2. The van der Waals surface area contributed by atoms with E-state index in [2.05, 4.69) is 22.3 Å². The van der Waals surface area contributed by atoms with Gasteiger partial charge in [0.05, 0.1) is 10.5 Å². The highest BCUT2D eigenvalue weighted by Gasteiger charge is 2.25. The van der Waals surface area contributed by atoms with E-state index in [1.54, 1.807) is 11.0 Å². The average Bonchev–Trinajstić information content (AvgIpc) is 2.83. The summed E-state index contributed by atoms with van der Waals surface area (Å²) in [6.45, 7) is 3.10. The molecule has 0 aromatic heterocycles. The van der Waals surface area contributed by atoms with E-state index in [9.17, 15) is 14.9 Å². The first kappa shape index (κ1) is 20.4. The topological polar surface area (TPSA) is 78.7 Å². The van der Waals surface area contributed by atoms with E-state index in [1.165, 1.54) is 12.1 Å². The predicted molar refractivity (Wildman–Crippen MR) is 121 cm³/mol. The second kappa shape index (κ2) is 9.30. The molecule has 1 fully saturated rings. The van der Waals surface area contributed by atoms with Crippen molar-refractivity contribution in [3.63, 3.8) is 0 Å². The number of carbonyl (C=O) groups is 1. The lowest BCUT2D eigenvalue weighted by Crippen LogP contribution is -2.48. The number of non-ortho nitro benzene ring substituents is 1. The van der Waals surface area contributed by atoms with Crippen molar-refractivity contribution in [3.05, 3.63) is 100 Å². The van der Waals surface area contributed by atoms with Gasteiger partial charge in [0, 0.05) is 56.2 Å². The Balaban J connectivity index is 1.50. The minimum atomic E-state index is -0.467. The third-order valence-electron chi connectivity index (χ3n) is 5.46. The number of para-hydroxylation sites is 1. The Hall–Kier alpha value is -3.87. The molecule has 3 aromatic rings. The summed E-state index contributed by atoms with van der Waals surface area (Å²) in [7, 11) is 0. The molecule has 0 unspecified atom stereocenters. The van der Waals surface area contributed by atoms with E-state index >= 15 is 0 Å². The highest BCUT2D eigenvalue weighted by molar-refractivity contribution is 6.00. The lowest BCUT2D eigenvalue weighted by atomic mass is 10.1. The van der Waals surface area contributed by atoms with Gasteiger partial charge in [0.15, 0.2) is 0 Å². The van der Waals surface area contributed by atoms with Crippen molar-refractivity contribution in [2.75, 3.05) is 36.4 Å². The van der Waals surface area contributed by atoms with Gasteiger partial charge in [-0.15, -0.1) is 0 Å². The fourth-order valence-corrected chi connectivity index (χ4v) is 3.75. The van der Waals surface area contributed by atoms with Crippen LogP contribution in [0.15, 0.2) is 78.9 Å². The maximum Gasteiger partial charge on any atom is 0.270 e. The van der Waals surface area contributed by atoms with Crippen molar-refractivity contribution >= 4 is 23.0 Å². The Bertz CT molecular complexity index is 1050. The molecule has 1 aliphatic rings. The number of carbonyl (C=O) groups excluding carboxylic acids is 1. The highest BCUT2D eigenvalue weighted by Crippen LogP contribution is 2.25. The summed E-state index contributed by atoms with van der Waals surface area (Å²) in [6, 6.07) is 24.3. The van der Waals surface area contributed by atoms with Crippen LogP contribution in [0.2, 0.25) is 0 Å². The average molecular weight is 416 g/mol. The van der Waals surface area contributed by atoms with Crippen molar-refractivity contribution in [2.24, 2.45) is 0 Å². The first-order chi connectivity index (χ1) is 15.1. The molecule has 1 aliphatic heterocycles. The summed E-state index contributed by atoms with van der Waals surface area (Å²) in [5.74, 6) is -0.188. The third kappa shape index (κ3) is 4.83. The molecule has 0 saturated carbocycles. The summed E-state index contributed by atoms with van der Waals surface area (Å²) < 4.78 is 0. The number of hydrogen-bond donors (Lipinski definition) is 1. The van der Waals surface area contributed by atoms with E-state index < -0.39 is 4.92 Å². The van der Waals surface area contributed by atoms with Crippen LogP contribution in [-0.2, 0) is 6.54 Å². The molecule has 0 radical (unpaired) electrons. The molecule has 4 rings (SSSR count). The van der Waals surface area contributed by atoms with Gasteiger partial charge >= 0.3 is 0 Å². The Labute approximate surface area is 181 Å². The van der Waals surface area contributed by atoms with Crippen LogP contribution in [0, 0.1) is 10.1 Å². The Morgan fingerprint density at radius 3 is 2.19 bits per heavy atom. The van der Waals surface area contributed by atoms with Crippen molar-refractivity contribution in [2.45, 2.75) is 6.54 Å². The number of amides is 1. The number of rotatable bonds is 6. The first-order valence-electron chi connectivity index (χ1n) is 10.3. The molecule has 1 heterocycles. The third-order valence-corrected chi connectivity index (χ3v) is 5.46. The van der Waals surface area contributed by atoms with Gasteiger partial charge in [-0.2, -0.15) is 0 Å². The van der Waals surface area contributed by atoms with Crippen LogP contribution in [0.5, 0.6) is 0 Å². The monoisotopic (exact) mass is 416 g/mol. The SMILES string of the molecule is O=C(c1cc([N+](=O)[O-])ccc1NCc1ccccc1)N1CCN(c2ccccc2)CC1. The summed E-state index contributed by atoms with van der Waals surface area (Å²) in [5, 5.41) is 14.6. The number of hydrogen-bond acceptors (Lipinski definition) is 5.